The van der Waals surface area contributed by atoms with Gasteiger partial charge < -0.3 is 20.1 Å². The summed E-state index contributed by atoms with van der Waals surface area (Å²) in [6.45, 7) is 11.0. The number of aryl methyl sites for hydroxylation is 2. The van der Waals surface area contributed by atoms with E-state index in [9.17, 15) is 4.79 Å². The molecule has 1 fully saturated rings. The van der Waals surface area contributed by atoms with E-state index < -0.39 is 0 Å². The molecule has 1 atom stereocenters. The van der Waals surface area contributed by atoms with Crippen molar-refractivity contribution < 1.29 is 14.3 Å². The second-order valence-corrected chi connectivity index (χ2v) is 10.0. The Balaban J connectivity index is 1.55. The number of nitrogens with one attached hydrogen (secondary N) is 2. The Morgan fingerprint density at radius 1 is 1.03 bits per heavy atom. The fraction of sp³-hybridized carbons (Fsp3) is 0.258. The lowest BCUT2D eigenvalue weighted by atomic mass is 10.0. The molecule has 0 aliphatic carbocycles. The topological polar surface area (TPSA) is 59.6 Å². The van der Waals surface area contributed by atoms with Crippen LogP contribution in [-0.2, 0) is 24.2 Å². The van der Waals surface area contributed by atoms with Crippen molar-refractivity contribution in [1.29, 1.82) is 0 Å². The third-order valence-corrected chi connectivity index (χ3v) is 7.04. The van der Waals surface area contributed by atoms with Gasteiger partial charge in [-0.3, -0.25) is 4.79 Å². The van der Waals surface area contributed by atoms with Crippen molar-refractivity contribution >= 4 is 29.4 Å². The van der Waals surface area contributed by atoms with E-state index in [1.165, 1.54) is 22.9 Å². The van der Waals surface area contributed by atoms with Gasteiger partial charge in [-0.1, -0.05) is 66.7 Å². The zero-order valence-electron chi connectivity index (χ0n) is 21.7. The quantitative estimate of drug-likeness (QED) is 0.216. The number of ether oxygens (including phenoxy) is 2. The maximum Gasteiger partial charge on any atom is 0.260 e. The second kappa shape index (κ2) is 12.5. The number of hydrogen-bond donors (Lipinski definition) is 2. The predicted octanol–water partition coefficient (Wildman–Crippen LogP) is 6.86. The first-order valence-corrected chi connectivity index (χ1v) is 13.5. The molecule has 192 valence electrons. The highest BCUT2D eigenvalue weighted by molar-refractivity contribution is 8.05. The molecule has 1 aliphatic rings. The van der Waals surface area contributed by atoms with Gasteiger partial charge >= 0.3 is 0 Å². The summed E-state index contributed by atoms with van der Waals surface area (Å²) < 4.78 is 12.2. The molecule has 0 spiro atoms. The molecule has 37 heavy (non-hydrogen) atoms. The van der Waals surface area contributed by atoms with E-state index in [0.717, 1.165) is 28.8 Å². The molecule has 0 saturated carbocycles. The normalized spacial score (nSPS) is 15.9. The van der Waals surface area contributed by atoms with Crippen LogP contribution in [0.25, 0.3) is 6.08 Å². The molecule has 4 rings (SSSR count). The van der Waals surface area contributed by atoms with Gasteiger partial charge in [0, 0.05) is 11.3 Å². The Labute approximate surface area is 224 Å². The monoisotopic (exact) mass is 514 g/mol. The summed E-state index contributed by atoms with van der Waals surface area (Å²) in [5.74, 6) is 1.27. The van der Waals surface area contributed by atoms with E-state index in [0.29, 0.717) is 36.0 Å². The lowest BCUT2D eigenvalue weighted by Gasteiger charge is -2.17. The van der Waals surface area contributed by atoms with Crippen LogP contribution in [0.1, 0.15) is 41.7 Å². The van der Waals surface area contributed by atoms with Crippen molar-refractivity contribution in [3.63, 3.8) is 0 Å². The number of allylic oxidation sites excluding steroid dienone is 1. The summed E-state index contributed by atoms with van der Waals surface area (Å²) >= 11 is 1.47. The van der Waals surface area contributed by atoms with Crippen LogP contribution in [0.5, 0.6) is 11.5 Å². The molecule has 0 unspecified atom stereocenters. The molecular weight excluding hydrogens is 480 g/mol. The minimum atomic E-state index is -0.234. The Kier molecular flexibility index (Phi) is 8.96. The van der Waals surface area contributed by atoms with E-state index in [1.807, 2.05) is 43.3 Å². The number of hydrogen-bond acceptors (Lipinski definition) is 5. The third kappa shape index (κ3) is 6.98. The molecular formula is C31H34N2O3S. The lowest BCUT2D eigenvalue weighted by molar-refractivity contribution is -0.116. The average molecular weight is 515 g/mol. The van der Waals surface area contributed by atoms with Crippen molar-refractivity contribution in [3.8, 4) is 11.5 Å². The highest BCUT2D eigenvalue weighted by Gasteiger charge is 2.27. The Morgan fingerprint density at radius 2 is 1.76 bits per heavy atom. The van der Waals surface area contributed by atoms with Crippen molar-refractivity contribution in [2.45, 2.75) is 45.7 Å². The van der Waals surface area contributed by atoms with Crippen LogP contribution in [0.3, 0.4) is 0 Å². The van der Waals surface area contributed by atoms with Crippen LogP contribution in [-0.4, -0.2) is 18.0 Å². The predicted molar refractivity (Wildman–Crippen MR) is 154 cm³/mol. The van der Waals surface area contributed by atoms with Gasteiger partial charge in [-0.05, 0) is 73.7 Å². The smallest absolute Gasteiger partial charge is 0.260 e. The number of amides is 1. The molecule has 5 nitrogen and oxygen atoms in total. The zero-order chi connectivity index (χ0) is 26.2. The molecule has 1 aliphatic heterocycles. The first kappa shape index (κ1) is 26.4. The van der Waals surface area contributed by atoms with E-state index in [1.54, 1.807) is 0 Å². The maximum atomic E-state index is 12.7. The maximum absolute atomic E-state index is 12.7. The van der Waals surface area contributed by atoms with Gasteiger partial charge in [0.15, 0.2) is 17.0 Å². The number of thioether (sulfide) groups is 1. The average Bonchev–Trinajstić information content (AvgIpc) is 3.23. The van der Waals surface area contributed by atoms with Crippen molar-refractivity contribution in [1.82, 2.24) is 5.32 Å². The molecule has 3 aromatic carbocycles. The molecule has 1 saturated heterocycles. The minimum absolute atomic E-state index is 0.101. The van der Waals surface area contributed by atoms with Crippen LogP contribution in [0.15, 0.2) is 78.2 Å². The lowest BCUT2D eigenvalue weighted by Crippen LogP contribution is -2.30. The second-order valence-electron chi connectivity index (χ2n) is 8.88. The van der Waals surface area contributed by atoms with Gasteiger partial charge in [0.2, 0.25) is 0 Å². The summed E-state index contributed by atoms with van der Waals surface area (Å²) in [5, 5.41) is 6.39. The first-order valence-electron chi connectivity index (χ1n) is 12.6. The first-order chi connectivity index (χ1) is 18.0. The fourth-order valence-electron chi connectivity index (χ4n) is 4.05. The van der Waals surface area contributed by atoms with Crippen LogP contribution in [0.2, 0.25) is 0 Å². The minimum Gasteiger partial charge on any atom is -0.490 e. The van der Waals surface area contributed by atoms with Crippen LogP contribution in [0, 0.1) is 6.92 Å². The summed E-state index contributed by atoms with van der Waals surface area (Å²) in [4.78, 5) is 13.4. The standard InChI is InChI=1S/C31H34N2O3S/c1-5-8-25-17-24(18-27(35-7-3)29(25)36-20-23-11-9-21(4)10-12-23)19-28-30(34)33-31(37-28)32-26-15-13-22(6-2)14-16-26/h5,9-19,31-32H,1,6-8,20H2,2-4H3,(H,33,34)/b28-19-/t31-/m1/s1. The Bertz CT molecular complexity index is 1270. The molecule has 2 N–H and O–H groups in total. The van der Waals surface area contributed by atoms with Crippen molar-refractivity contribution in [3.05, 3.63) is 106 Å². The van der Waals surface area contributed by atoms with Gasteiger partial charge in [-0.25, -0.2) is 0 Å². The largest absolute Gasteiger partial charge is 0.490 e. The van der Waals surface area contributed by atoms with Crippen LogP contribution in [0.4, 0.5) is 5.69 Å². The van der Waals surface area contributed by atoms with E-state index in [4.69, 9.17) is 9.47 Å². The summed E-state index contributed by atoms with van der Waals surface area (Å²) in [6, 6.07) is 20.5. The van der Waals surface area contributed by atoms with Crippen LogP contribution >= 0.6 is 11.8 Å². The SMILES string of the molecule is C=CCc1cc(/C=C2\S[C@H](Nc3ccc(CC)cc3)NC2=O)cc(OCC)c1OCc1ccc(C)cc1. The highest BCUT2D eigenvalue weighted by Crippen LogP contribution is 2.37. The van der Waals surface area contributed by atoms with Crippen molar-refractivity contribution in [2.75, 3.05) is 11.9 Å². The molecule has 1 amide bonds. The van der Waals surface area contributed by atoms with E-state index in [-0.39, 0.29) is 11.4 Å². The molecule has 0 aromatic heterocycles. The van der Waals surface area contributed by atoms with Gasteiger partial charge in [-0.15, -0.1) is 6.58 Å². The highest BCUT2D eigenvalue weighted by atomic mass is 32.2. The van der Waals surface area contributed by atoms with E-state index >= 15 is 0 Å². The Morgan fingerprint density at radius 3 is 2.43 bits per heavy atom. The number of carbonyl (C=O) groups excluding carboxylic acids is 1. The molecule has 1 heterocycles. The summed E-state index contributed by atoms with van der Waals surface area (Å²) in [6.07, 6.45) is 5.37. The van der Waals surface area contributed by atoms with Gasteiger partial charge in [0.05, 0.1) is 11.5 Å². The third-order valence-electron chi connectivity index (χ3n) is 6.01. The van der Waals surface area contributed by atoms with Crippen molar-refractivity contribution in [2.24, 2.45) is 0 Å². The van der Waals surface area contributed by atoms with Gasteiger partial charge in [0.1, 0.15) is 6.61 Å². The van der Waals surface area contributed by atoms with Crippen LogP contribution < -0.4 is 20.1 Å². The number of anilines is 1. The zero-order valence-corrected chi connectivity index (χ0v) is 22.5. The molecule has 0 bridgehead atoms. The number of rotatable bonds is 11. The molecule has 0 radical (unpaired) electrons. The Hall–Kier alpha value is -3.64. The molecule has 3 aromatic rings. The summed E-state index contributed by atoms with van der Waals surface area (Å²) in [5.41, 5.74) is 6.17. The van der Waals surface area contributed by atoms with Gasteiger partial charge in [-0.2, -0.15) is 0 Å². The van der Waals surface area contributed by atoms with Gasteiger partial charge in [0.25, 0.3) is 5.91 Å². The van der Waals surface area contributed by atoms with E-state index in [2.05, 4.69) is 67.5 Å². The number of benzene rings is 3. The number of carbonyl (C=O) groups is 1. The fourth-order valence-corrected chi connectivity index (χ4v) is 5.03. The summed E-state index contributed by atoms with van der Waals surface area (Å²) in [7, 11) is 0. The molecule has 6 heteroatoms.